The van der Waals surface area contributed by atoms with E-state index in [1.807, 2.05) is 19.1 Å². The highest BCUT2D eigenvalue weighted by Gasteiger charge is 2.13. The second-order valence-corrected chi connectivity index (χ2v) is 4.83. The first-order valence-electron chi connectivity index (χ1n) is 6.72. The van der Waals surface area contributed by atoms with Crippen LogP contribution in [0, 0.1) is 12.7 Å². The molecule has 0 radical (unpaired) electrons. The van der Waals surface area contributed by atoms with Gasteiger partial charge in [-0.15, -0.1) is 0 Å². The number of benzene rings is 1. The Morgan fingerprint density at radius 3 is 2.58 bits per heavy atom. The maximum absolute atomic E-state index is 12.9. The van der Waals surface area contributed by atoms with E-state index in [2.05, 4.69) is 18.3 Å². The Hall–Kier alpha value is -1.61. The van der Waals surface area contributed by atoms with Crippen LogP contribution in [-0.4, -0.2) is 6.54 Å². The highest BCUT2D eigenvalue weighted by Crippen LogP contribution is 2.21. The van der Waals surface area contributed by atoms with Gasteiger partial charge in [0.2, 0.25) is 0 Å². The first-order valence-corrected chi connectivity index (χ1v) is 6.72. The largest absolute Gasteiger partial charge is 0.469 e. The maximum Gasteiger partial charge on any atom is 0.123 e. The van der Waals surface area contributed by atoms with Crippen LogP contribution in [0.15, 0.2) is 41.0 Å². The van der Waals surface area contributed by atoms with Crippen LogP contribution < -0.4 is 5.32 Å². The maximum atomic E-state index is 12.9. The zero-order valence-electron chi connectivity index (χ0n) is 11.4. The minimum atomic E-state index is -0.194. The van der Waals surface area contributed by atoms with Crippen LogP contribution >= 0.6 is 0 Å². The van der Waals surface area contributed by atoms with Crippen molar-refractivity contribution in [2.75, 3.05) is 6.54 Å². The van der Waals surface area contributed by atoms with E-state index in [0.717, 1.165) is 36.3 Å². The monoisotopic (exact) mass is 261 g/mol. The number of nitrogens with one attached hydrogen (secondary N) is 1. The summed E-state index contributed by atoms with van der Waals surface area (Å²) in [6.45, 7) is 5.04. The number of rotatable bonds is 6. The molecule has 0 saturated carbocycles. The number of halogens is 1. The fraction of sp³-hybridized carbons (Fsp3) is 0.375. The average Bonchev–Trinajstić information content (AvgIpc) is 2.83. The molecule has 0 saturated heterocycles. The highest BCUT2D eigenvalue weighted by atomic mass is 19.1. The molecular weight excluding hydrogens is 241 g/mol. The molecule has 0 aliphatic rings. The quantitative estimate of drug-likeness (QED) is 0.850. The standard InChI is InChI=1S/C16H20FNO/c1-3-8-18-16(14-9-12(2)19-11-14)10-13-4-6-15(17)7-5-13/h4-7,9,11,16,18H,3,8,10H2,1-2H3. The lowest BCUT2D eigenvalue weighted by molar-refractivity contribution is 0.503. The topological polar surface area (TPSA) is 25.2 Å². The molecule has 1 N–H and O–H groups in total. The van der Waals surface area contributed by atoms with E-state index in [0.29, 0.717) is 0 Å². The Morgan fingerprint density at radius 2 is 2.00 bits per heavy atom. The summed E-state index contributed by atoms with van der Waals surface area (Å²) in [7, 11) is 0. The van der Waals surface area contributed by atoms with Crippen LogP contribution in [-0.2, 0) is 6.42 Å². The summed E-state index contributed by atoms with van der Waals surface area (Å²) in [5.74, 6) is 0.721. The van der Waals surface area contributed by atoms with Crippen molar-refractivity contribution < 1.29 is 8.81 Å². The lowest BCUT2D eigenvalue weighted by atomic mass is 10.0. The zero-order chi connectivity index (χ0) is 13.7. The predicted molar refractivity (Wildman–Crippen MR) is 74.6 cm³/mol. The van der Waals surface area contributed by atoms with Crippen LogP contribution in [0.3, 0.4) is 0 Å². The molecule has 0 aliphatic carbocycles. The lowest BCUT2D eigenvalue weighted by Crippen LogP contribution is -2.23. The Kier molecular flexibility index (Phi) is 4.74. The predicted octanol–water partition coefficient (Wildman–Crippen LogP) is 4.01. The third kappa shape index (κ3) is 3.93. The Balaban J connectivity index is 2.11. The van der Waals surface area contributed by atoms with Crippen molar-refractivity contribution in [3.8, 4) is 0 Å². The van der Waals surface area contributed by atoms with Gasteiger partial charge in [-0.05, 0) is 50.1 Å². The highest BCUT2D eigenvalue weighted by molar-refractivity contribution is 5.23. The molecule has 2 nitrogen and oxygen atoms in total. The van der Waals surface area contributed by atoms with E-state index in [9.17, 15) is 4.39 Å². The Morgan fingerprint density at radius 1 is 1.26 bits per heavy atom. The van der Waals surface area contributed by atoms with Gasteiger partial charge in [0, 0.05) is 11.6 Å². The van der Waals surface area contributed by atoms with Gasteiger partial charge in [0.15, 0.2) is 0 Å². The molecule has 1 unspecified atom stereocenters. The molecular formula is C16H20FNO. The molecule has 0 aliphatic heterocycles. The third-order valence-electron chi connectivity index (χ3n) is 3.15. The molecule has 102 valence electrons. The lowest BCUT2D eigenvalue weighted by Gasteiger charge is -2.17. The molecule has 2 aromatic rings. The van der Waals surface area contributed by atoms with E-state index >= 15 is 0 Å². The van der Waals surface area contributed by atoms with E-state index in [1.54, 1.807) is 6.26 Å². The van der Waals surface area contributed by atoms with Crippen LogP contribution in [0.1, 0.15) is 36.3 Å². The molecule has 0 bridgehead atoms. The van der Waals surface area contributed by atoms with Crippen molar-refractivity contribution in [2.24, 2.45) is 0 Å². The molecule has 1 atom stereocenters. The SMILES string of the molecule is CCCNC(Cc1ccc(F)cc1)c1coc(C)c1. The summed E-state index contributed by atoms with van der Waals surface area (Å²) in [5.41, 5.74) is 2.27. The van der Waals surface area contributed by atoms with Crippen LogP contribution in [0.25, 0.3) is 0 Å². The van der Waals surface area contributed by atoms with Crippen molar-refractivity contribution in [1.82, 2.24) is 5.32 Å². The van der Waals surface area contributed by atoms with Gasteiger partial charge in [-0.1, -0.05) is 19.1 Å². The molecule has 0 amide bonds. The minimum Gasteiger partial charge on any atom is -0.469 e. The number of furan rings is 1. The van der Waals surface area contributed by atoms with Gasteiger partial charge < -0.3 is 9.73 Å². The molecule has 2 rings (SSSR count). The molecule has 19 heavy (non-hydrogen) atoms. The first-order chi connectivity index (χ1) is 9.19. The second kappa shape index (κ2) is 6.53. The summed E-state index contributed by atoms with van der Waals surface area (Å²) >= 11 is 0. The Labute approximate surface area is 113 Å². The molecule has 1 heterocycles. The van der Waals surface area contributed by atoms with Gasteiger partial charge >= 0.3 is 0 Å². The number of hydrogen-bond donors (Lipinski definition) is 1. The van der Waals surface area contributed by atoms with Crippen LogP contribution in [0.4, 0.5) is 4.39 Å². The van der Waals surface area contributed by atoms with Crippen molar-refractivity contribution in [2.45, 2.75) is 32.7 Å². The fourth-order valence-electron chi connectivity index (χ4n) is 2.13. The van der Waals surface area contributed by atoms with Crippen molar-refractivity contribution >= 4 is 0 Å². The first kappa shape index (κ1) is 13.8. The molecule has 0 fully saturated rings. The summed E-state index contributed by atoms with van der Waals surface area (Å²) in [4.78, 5) is 0. The van der Waals surface area contributed by atoms with Crippen LogP contribution in [0.2, 0.25) is 0 Å². The summed E-state index contributed by atoms with van der Waals surface area (Å²) < 4.78 is 18.3. The number of hydrogen-bond acceptors (Lipinski definition) is 2. The molecule has 0 spiro atoms. The van der Waals surface area contributed by atoms with Crippen molar-refractivity contribution in [3.05, 3.63) is 59.3 Å². The molecule has 1 aromatic carbocycles. The second-order valence-electron chi connectivity index (χ2n) is 4.83. The number of aryl methyl sites for hydroxylation is 1. The van der Waals surface area contributed by atoms with E-state index in [4.69, 9.17) is 4.42 Å². The van der Waals surface area contributed by atoms with Crippen LogP contribution in [0.5, 0.6) is 0 Å². The minimum absolute atomic E-state index is 0.194. The smallest absolute Gasteiger partial charge is 0.123 e. The average molecular weight is 261 g/mol. The van der Waals surface area contributed by atoms with Gasteiger partial charge in [-0.3, -0.25) is 0 Å². The van der Waals surface area contributed by atoms with Gasteiger partial charge in [0.1, 0.15) is 11.6 Å². The van der Waals surface area contributed by atoms with E-state index < -0.39 is 0 Å². The van der Waals surface area contributed by atoms with Gasteiger partial charge in [0.05, 0.1) is 6.26 Å². The fourth-order valence-corrected chi connectivity index (χ4v) is 2.13. The van der Waals surface area contributed by atoms with Gasteiger partial charge in [-0.25, -0.2) is 4.39 Å². The Bertz CT molecular complexity index is 504. The summed E-state index contributed by atoms with van der Waals surface area (Å²) in [5, 5.41) is 3.51. The van der Waals surface area contributed by atoms with Crippen molar-refractivity contribution in [1.29, 1.82) is 0 Å². The molecule has 3 heteroatoms. The normalized spacial score (nSPS) is 12.6. The van der Waals surface area contributed by atoms with Gasteiger partial charge in [-0.2, -0.15) is 0 Å². The van der Waals surface area contributed by atoms with Crippen molar-refractivity contribution in [3.63, 3.8) is 0 Å². The van der Waals surface area contributed by atoms with Gasteiger partial charge in [0.25, 0.3) is 0 Å². The van der Waals surface area contributed by atoms with E-state index in [1.165, 1.54) is 12.1 Å². The molecule has 1 aromatic heterocycles. The third-order valence-corrected chi connectivity index (χ3v) is 3.15. The zero-order valence-corrected chi connectivity index (χ0v) is 11.4. The summed E-state index contributed by atoms with van der Waals surface area (Å²) in [6.07, 6.45) is 3.71. The van der Waals surface area contributed by atoms with E-state index in [-0.39, 0.29) is 11.9 Å². The summed E-state index contributed by atoms with van der Waals surface area (Å²) in [6, 6.07) is 8.95.